The third-order valence-electron chi connectivity index (χ3n) is 5.74. The number of hydrogen-bond donors (Lipinski definition) is 1. The zero-order valence-corrected chi connectivity index (χ0v) is 13.5. The maximum absolute atomic E-state index is 6.57. The molecule has 0 spiro atoms. The first-order valence-corrected chi connectivity index (χ1v) is 8.73. The molecule has 2 fully saturated rings. The van der Waals surface area contributed by atoms with E-state index in [-0.39, 0.29) is 5.54 Å². The van der Waals surface area contributed by atoms with Crippen molar-refractivity contribution >= 4 is 0 Å². The molecule has 2 saturated carbocycles. The average Bonchev–Trinajstić information content (AvgIpc) is 2.99. The van der Waals surface area contributed by atoms with E-state index in [1.165, 1.54) is 44.9 Å². The molecule has 1 aromatic rings. The maximum Gasteiger partial charge on any atom is 0.246 e. The quantitative estimate of drug-likeness (QED) is 0.910. The first-order valence-electron chi connectivity index (χ1n) is 8.73. The van der Waals surface area contributed by atoms with Gasteiger partial charge in [0, 0.05) is 5.92 Å². The number of hydrogen-bond acceptors (Lipinski definition) is 4. The number of aromatic nitrogens is 2. The van der Waals surface area contributed by atoms with Crippen molar-refractivity contribution in [1.82, 2.24) is 10.1 Å². The Kier molecular flexibility index (Phi) is 4.34. The van der Waals surface area contributed by atoms with Crippen molar-refractivity contribution < 1.29 is 4.52 Å². The first kappa shape index (κ1) is 15.0. The van der Waals surface area contributed by atoms with Crippen LogP contribution in [-0.2, 0) is 5.54 Å². The van der Waals surface area contributed by atoms with Gasteiger partial charge in [0.25, 0.3) is 0 Å². The van der Waals surface area contributed by atoms with Crippen LogP contribution in [0.15, 0.2) is 4.52 Å². The molecule has 2 N–H and O–H groups in total. The lowest BCUT2D eigenvalue weighted by atomic mass is 9.76. The zero-order chi connectivity index (χ0) is 14.9. The third kappa shape index (κ3) is 3.15. The molecule has 4 nitrogen and oxygen atoms in total. The van der Waals surface area contributed by atoms with Crippen molar-refractivity contribution in [2.75, 3.05) is 0 Å². The van der Waals surface area contributed by atoms with Crippen molar-refractivity contribution in [1.29, 1.82) is 0 Å². The second kappa shape index (κ2) is 6.07. The lowest BCUT2D eigenvalue weighted by Gasteiger charge is -2.33. The molecule has 3 rings (SSSR count). The summed E-state index contributed by atoms with van der Waals surface area (Å²) in [7, 11) is 0. The molecule has 1 aromatic heterocycles. The number of nitrogens with two attached hydrogens (primary N) is 1. The minimum absolute atomic E-state index is 0.378. The van der Waals surface area contributed by atoms with Gasteiger partial charge in [0.05, 0.1) is 5.54 Å². The Morgan fingerprint density at radius 1 is 1.24 bits per heavy atom. The fourth-order valence-electron chi connectivity index (χ4n) is 4.09. The van der Waals surface area contributed by atoms with Gasteiger partial charge in [-0.05, 0) is 50.4 Å². The van der Waals surface area contributed by atoms with Crippen molar-refractivity contribution in [3.8, 4) is 0 Å². The average molecular weight is 291 g/mol. The molecule has 0 aliphatic heterocycles. The van der Waals surface area contributed by atoms with E-state index in [1.54, 1.807) is 0 Å². The van der Waals surface area contributed by atoms with Crippen molar-refractivity contribution in [2.24, 2.45) is 17.6 Å². The van der Waals surface area contributed by atoms with Crippen molar-refractivity contribution in [3.05, 3.63) is 11.7 Å². The van der Waals surface area contributed by atoms with Crippen LogP contribution >= 0.6 is 0 Å². The topological polar surface area (TPSA) is 64.9 Å². The Hall–Kier alpha value is -0.900. The molecular formula is C17H29N3O. The van der Waals surface area contributed by atoms with E-state index in [0.29, 0.717) is 11.8 Å². The van der Waals surface area contributed by atoms with E-state index in [2.05, 4.69) is 19.0 Å². The van der Waals surface area contributed by atoms with Crippen LogP contribution in [0.4, 0.5) is 0 Å². The van der Waals surface area contributed by atoms with E-state index in [1.807, 2.05) is 0 Å². The van der Waals surface area contributed by atoms with Crippen LogP contribution in [0, 0.1) is 11.8 Å². The van der Waals surface area contributed by atoms with Crippen LogP contribution in [0.1, 0.15) is 89.3 Å². The standard InChI is InChI=1S/C17H29N3O/c1-3-13-7-9-17(18,10-8-13)16-19-15(20-21-16)14-6-4-5-12(2)11-14/h12-14H,3-11,18H2,1-2H3. The Morgan fingerprint density at radius 3 is 2.67 bits per heavy atom. The second-order valence-electron chi connectivity index (χ2n) is 7.43. The van der Waals surface area contributed by atoms with Gasteiger partial charge >= 0.3 is 0 Å². The van der Waals surface area contributed by atoms with Crippen LogP contribution < -0.4 is 5.73 Å². The molecule has 2 aliphatic carbocycles. The zero-order valence-electron chi connectivity index (χ0n) is 13.5. The molecule has 2 unspecified atom stereocenters. The van der Waals surface area contributed by atoms with Crippen molar-refractivity contribution in [2.45, 2.75) is 83.1 Å². The highest BCUT2D eigenvalue weighted by molar-refractivity contribution is 5.07. The summed E-state index contributed by atoms with van der Waals surface area (Å²) < 4.78 is 5.58. The lowest BCUT2D eigenvalue weighted by molar-refractivity contribution is 0.181. The molecule has 2 aliphatic rings. The van der Waals surface area contributed by atoms with E-state index in [4.69, 9.17) is 15.2 Å². The Balaban J connectivity index is 1.69. The van der Waals surface area contributed by atoms with Gasteiger partial charge in [-0.25, -0.2) is 0 Å². The van der Waals surface area contributed by atoms with Crippen LogP contribution in [0.2, 0.25) is 0 Å². The van der Waals surface area contributed by atoms with Gasteiger partial charge in [-0.15, -0.1) is 0 Å². The fraction of sp³-hybridized carbons (Fsp3) is 0.882. The first-order chi connectivity index (χ1) is 10.1. The Labute approximate surface area is 127 Å². The predicted molar refractivity (Wildman–Crippen MR) is 82.8 cm³/mol. The van der Waals surface area contributed by atoms with Gasteiger partial charge in [-0.2, -0.15) is 4.98 Å². The van der Waals surface area contributed by atoms with Crippen LogP contribution in [0.3, 0.4) is 0 Å². The molecule has 2 atom stereocenters. The minimum Gasteiger partial charge on any atom is -0.337 e. The normalized spacial score (nSPS) is 37.6. The summed E-state index contributed by atoms with van der Waals surface area (Å²) in [5, 5.41) is 4.27. The smallest absolute Gasteiger partial charge is 0.246 e. The molecule has 0 aromatic carbocycles. The maximum atomic E-state index is 6.57. The Morgan fingerprint density at radius 2 is 2.00 bits per heavy atom. The molecule has 21 heavy (non-hydrogen) atoms. The Bertz CT molecular complexity index is 462. The predicted octanol–water partition coefficient (Wildman–Crippen LogP) is 4.12. The van der Waals surface area contributed by atoms with Crippen LogP contribution in [0.5, 0.6) is 0 Å². The van der Waals surface area contributed by atoms with Gasteiger partial charge in [0.15, 0.2) is 5.82 Å². The van der Waals surface area contributed by atoms with Gasteiger partial charge in [0.2, 0.25) is 5.89 Å². The van der Waals surface area contributed by atoms with Gasteiger partial charge in [-0.1, -0.05) is 38.3 Å². The van der Waals surface area contributed by atoms with Crippen LogP contribution in [0.25, 0.3) is 0 Å². The summed E-state index contributed by atoms with van der Waals surface area (Å²) in [4.78, 5) is 4.71. The molecule has 1 heterocycles. The molecule has 0 bridgehead atoms. The van der Waals surface area contributed by atoms with E-state index >= 15 is 0 Å². The minimum atomic E-state index is -0.378. The third-order valence-corrected chi connectivity index (χ3v) is 5.74. The summed E-state index contributed by atoms with van der Waals surface area (Å²) in [6.45, 7) is 4.59. The van der Waals surface area contributed by atoms with Gasteiger partial charge in [0.1, 0.15) is 0 Å². The van der Waals surface area contributed by atoms with Crippen molar-refractivity contribution in [3.63, 3.8) is 0 Å². The second-order valence-corrected chi connectivity index (χ2v) is 7.43. The molecule has 118 valence electrons. The lowest BCUT2D eigenvalue weighted by Crippen LogP contribution is -2.40. The molecular weight excluding hydrogens is 262 g/mol. The summed E-state index contributed by atoms with van der Waals surface area (Å²) >= 11 is 0. The van der Waals surface area contributed by atoms with Crippen LogP contribution in [-0.4, -0.2) is 10.1 Å². The largest absolute Gasteiger partial charge is 0.337 e. The van der Waals surface area contributed by atoms with Gasteiger partial charge < -0.3 is 10.3 Å². The highest BCUT2D eigenvalue weighted by Crippen LogP contribution is 2.39. The summed E-state index contributed by atoms with van der Waals surface area (Å²) in [5.41, 5.74) is 6.19. The summed E-state index contributed by atoms with van der Waals surface area (Å²) in [5.74, 6) is 3.66. The van der Waals surface area contributed by atoms with E-state index < -0.39 is 0 Å². The van der Waals surface area contributed by atoms with E-state index in [9.17, 15) is 0 Å². The number of rotatable bonds is 3. The monoisotopic (exact) mass is 291 g/mol. The van der Waals surface area contributed by atoms with E-state index in [0.717, 1.165) is 30.5 Å². The molecule has 0 amide bonds. The SMILES string of the molecule is CCC1CCC(N)(c2nc(C3CCCC(C)C3)no2)CC1. The number of nitrogens with zero attached hydrogens (tertiary/aromatic N) is 2. The van der Waals surface area contributed by atoms with Gasteiger partial charge in [-0.3, -0.25) is 0 Å². The highest BCUT2D eigenvalue weighted by Gasteiger charge is 2.38. The summed E-state index contributed by atoms with van der Waals surface area (Å²) in [6, 6.07) is 0. The molecule has 0 saturated heterocycles. The highest BCUT2D eigenvalue weighted by atomic mass is 16.5. The molecule has 0 radical (unpaired) electrons. The summed E-state index contributed by atoms with van der Waals surface area (Å²) in [6.07, 6.45) is 10.6. The molecule has 4 heteroatoms. The fourth-order valence-corrected chi connectivity index (χ4v) is 4.09.